The van der Waals surface area contributed by atoms with Crippen LogP contribution in [-0.2, 0) is 0 Å². The summed E-state index contributed by atoms with van der Waals surface area (Å²) in [5.41, 5.74) is 0. The Balaban J connectivity index is 2.79. The number of phenolic OH excluding ortho intramolecular Hbond substituents is 1. The second kappa shape index (κ2) is 3.20. The van der Waals surface area contributed by atoms with Gasteiger partial charge in [-0.3, -0.25) is 0 Å². The predicted octanol–water partition coefficient (Wildman–Crippen LogP) is 2.49. The van der Waals surface area contributed by atoms with E-state index in [1.165, 1.54) is 11.3 Å². The van der Waals surface area contributed by atoms with Crippen molar-refractivity contribution < 1.29 is 9.84 Å². The van der Waals surface area contributed by atoms with Gasteiger partial charge in [-0.25, -0.2) is 0 Å². The number of ether oxygens (including phenoxy) is 1. The number of hydrogen-bond acceptors (Lipinski definition) is 4. The Morgan fingerprint density at radius 1 is 1.43 bits per heavy atom. The summed E-state index contributed by atoms with van der Waals surface area (Å²) >= 11 is 1.36. The van der Waals surface area contributed by atoms with E-state index < -0.39 is 0 Å². The maximum absolute atomic E-state index is 9.37. The molecule has 2 rings (SSSR count). The van der Waals surface area contributed by atoms with E-state index in [1.54, 1.807) is 25.3 Å². The first-order valence-corrected chi connectivity index (χ1v) is 4.77. The molecule has 0 aliphatic carbocycles. The Hall–Kier alpha value is -1.73. The molecule has 1 heterocycles. The number of nitrogens with zero attached hydrogens (tertiary/aromatic N) is 1. The minimum absolute atomic E-state index is 0.150. The Morgan fingerprint density at radius 2 is 2.21 bits per heavy atom. The van der Waals surface area contributed by atoms with E-state index in [0.29, 0.717) is 10.6 Å². The third kappa shape index (κ3) is 1.28. The van der Waals surface area contributed by atoms with E-state index in [4.69, 9.17) is 10.00 Å². The first-order valence-electron chi connectivity index (χ1n) is 3.95. The van der Waals surface area contributed by atoms with Crippen LogP contribution in [0.4, 0.5) is 0 Å². The van der Waals surface area contributed by atoms with E-state index >= 15 is 0 Å². The van der Waals surface area contributed by atoms with Crippen LogP contribution in [0.2, 0.25) is 0 Å². The molecule has 0 amide bonds. The van der Waals surface area contributed by atoms with Crippen LogP contribution in [0, 0.1) is 11.3 Å². The van der Waals surface area contributed by atoms with Gasteiger partial charge in [0.15, 0.2) is 0 Å². The number of rotatable bonds is 1. The lowest BCUT2D eigenvalue weighted by atomic mass is 10.2. The van der Waals surface area contributed by atoms with Gasteiger partial charge in [-0.1, -0.05) is 0 Å². The Labute approximate surface area is 84.8 Å². The third-order valence-electron chi connectivity index (χ3n) is 1.90. The Kier molecular flexibility index (Phi) is 2.02. The van der Waals surface area contributed by atoms with Gasteiger partial charge < -0.3 is 9.84 Å². The number of nitriles is 1. The fourth-order valence-corrected chi connectivity index (χ4v) is 2.24. The number of fused-ring (bicyclic) bond motifs is 1. The number of hydrogen-bond donors (Lipinski definition) is 1. The second-order valence-corrected chi connectivity index (χ2v) is 3.84. The molecule has 4 heteroatoms. The summed E-state index contributed by atoms with van der Waals surface area (Å²) in [4.78, 5) is 0.615. The molecular weight excluding hydrogens is 198 g/mol. The van der Waals surface area contributed by atoms with Gasteiger partial charge in [0.2, 0.25) is 0 Å². The highest BCUT2D eigenvalue weighted by Gasteiger charge is 2.08. The van der Waals surface area contributed by atoms with Crippen molar-refractivity contribution in [2.45, 2.75) is 0 Å². The van der Waals surface area contributed by atoms with E-state index in [0.717, 1.165) is 10.1 Å². The van der Waals surface area contributed by atoms with Gasteiger partial charge in [0.25, 0.3) is 0 Å². The highest BCUT2D eigenvalue weighted by Crippen LogP contribution is 2.36. The number of methoxy groups -OCH3 is 1. The molecular formula is C10H7NO2S. The second-order valence-electron chi connectivity index (χ2n) is 2.79. The highest BCUT2D eigenvalue weighted by molar-refractivity contribution is 7.19. The molecule has 0 spiro atoms. The number of thiophene rings is 1. The van der Waals surface area contributed by atoms with Crippen molar-refractivity contribution in [3.05, 3.63) is 23.1 Å². The van der Waals surface area contributed by atoms with Gasteiger partial charge in [0.05, 0.1) is 11.8 Å². The summed E-state index contributed by atoms with van der Waals surface area (Å²) in [5.74, 6) is 0.753. The van der Waals surface area contributed by atoms with Gasteiger partial charge in [0, 0.05) is 11.5 Å². The quantitative estimate of drug-likeness (QED) is 0.778. The molecule has 2 aromatic rings. The largest absolute Gasteiger partial charge is 0.508 e. The van der Waals surface area contributed by atoms with Crippen molar-refractivity contribution in [2.75, 3.05) is 7.11 Å². The fraction of sp³-hybridized carbons (Fsp3) is 0.100. The van der Waals surface area contributed by atoms with Crippen molar-refractivity contribution in [1.29, 1.82) is 5.26 Å². The molecule has 0 atom stereocenters. The molecule has 3 nitrogen and oxygen atoms in total. The molecule has 0 aliphatic heterocycles. The maximum atomic E-state index is 9.37. The van der Waals surface area contributed by atoms with Crippen molar-refractivity contribution >= 4 is 21.4 Å². The average Bonchev–Trinajstić information content (AvgIpc) is 2.59. The summed E-state index contributed by atoms with van der Waals surface area (Å²) in [6, 6.07) is 6.97. The lowest BCUT2D eigenvalue weighted by molar-refractivity contribution is 0.413. The van der Waals surface area contributed by atoms with E-state index in [-0.39, 0.29) is 5.75 Å². The average molecular weight is 205 g/mol. The summed E-state index contributed by atoms with van der Waals surface area (Å²) in [6.45, 7) is 0. The first-order chi connectivity index (χ1) is 6.74. The van der Waals surface area contributed by atoms with Gasteiger partial charge >= 0.3 is 0 Å². The molecule has 0 saturated carbocycles. The van der Waals surface area contributed by atoms with Crippen LogP contribution in [0.1, 0.15) is 4.88 Å². The zero-order valence-corrected chi connectivity index (χ0v) is 8.26. The van der Waals surface area contributed by atoms with Gasteiger partial charge in [-0.15, -0.1) is 11.3 Å². The van der Waals surface area contributed by atoms with Crippen LogP contribution in [0.15, 0.2) is 18.2 Å². The molecule has 14 heavy (non-hydrogen) atoms. The van der Waals surface area contributed by atoms with Crippen molar-refractivity contribution in [1.82, 2.24) is 0 Å². The molecule has 0 unspecified atom stereocenters. The van der Waals surface area contributed by atoms with Crippen LogP contribution >= 0.6 is 11.3 Å². The molecule has 0 radical (unpaired) electrons. The van der Waals surface area contributed by atoms with Gasteiger partial charge in [-0.2, -0.15) is 5.26 Å². The number of phenols is 1. The highest BCUT2D eigenvalue weighted by atomic mass is 32.1. The van der Waals surface area contributed by atoms with Crippen LogP contribution in [0.25, 0.3) is 10.1 Å². The molecule has 0 saturated heterocycles. The smallest absolute Gasteiger partial charge is 0.140 e. The molecule has 0 fully saturated rings. The third-order valence-corrected chi connectivity index (χ3v) is 2.97. The van der Waals surface area contributed by atoms with Crippen molar-refractivity contribution in [3.8, 4) is 17.6 Å². The fourth-order valence-electron chi connectivity index (χ4n) is 1.31. The minimum atomic E-state index is 0.150. The maximum Gasteiger partial charge on any atom is 0.140 e. The van der Waals surface area contributed by atoms with Crippen LogP contribution in [-0.4, -0.2) is 12.2 Å². The molecule has 1 aromatic heterocycles. The zero-order chi connectivity index (χ0) is 10.1. The normalized spacial score (nSPS) is 10.0. The number of aromatic hydroxyl groups is 1. The first kappa shape index (κ1) is 8.85. The molecule has 70 valence electrons. The number of benzene rings is 1. The summed E-state index contributed by atoms with van der Waals surface area (Å²) < 4.78 is 6.00. The Morgan fingerprint density at radius 3 is 2.86 bits per heavy atom. The SMILES string of the molecule is COc1cc(O)cc2cc(C#N)sc12. The minimum Gasteiger partial charge on any atom is -0.508 e. The molecule has 0 bridgehead atoms. The van der Waals surface area contributed by atoms with E-state index in [2.05, 4.69) is 6.07 Å². The van der Waals surface area contributed by atoms with Gasteiger partial charge in [-0.05, 0) is 12.1 Å². The van der Waals surface area contributed by atoms with E-state index in [9.17, 15) is 5.11 Å². The Bertz CT molecular complexity index is 525. The van der Waals surface area contributed by atoms with Crippen molar-refractivity contribution in [2.24, 2.45) is 0 Å². The van der Waals surface area contributed by atoms with Crippen LogP contribution in [0.5, 0.6) is 11.5 Å². The zero-order valence-electron chi connectivity index (χ0n) is 7.44. The lowest BCUT2D eigenvalue weighted by Crippen LogP contribution is -1.81. The summed E-state index contributed by atoms with van der Waals surface area (Å²) in [7, 11) is 1.54. The van der Waals surface area contributed by atoms with Crippen LogP contribution in [0.3, 0.4) is 0 Å². The standard InChI is InChI=1S/C10H7NO2S/c1-13-9-4-7(12)2-6-3-8(5-11)14-10(6)9/h2-4,12H,1H3. The molecule has 1 aromatic carbocycles. The summed E-state index contributed by atoms with van der Waals surface area (Å²) in [6.07, 6.45) is 0. The molecule has 1 N–H and O–H groups in total. The monoisotopic (exact) mass is 205 g/mol. The predicted molar refractivity (Wildman–Crippen MR) is 54.8 cm³/mol. The molecule has 0 aliphatic rings. The van der Waals surface area contributed by atoms with Crippen molar-refractivity contribution in [3.63, 3.8) is 0 Å². The van der Waals surface area contributed by atoms with E-state index in [1.807, 2.05) is 0 Å². The summed E-state index contributed by atoms with van der Waals surface area (Å²) in [5, 5.41) is 18.9. The topological polar surface area (TPSA) is 53.2 Å². The van der Waals surface area contributed by atoms with Gasteiger partial charge in [0.1, 0.15) is 22.4 Å². The lowest BCUT2D eigenvalue weighted by Gasteiger charge is -2.01. The van der Waals surface area contributed by atoms with Crippen LogP contribution < -0.4 is 4.74 Å².